The van der Waals surface area contributed by atoms with E-state index in [2.05, 4.69) is 4.98 Å². The van der Waals surface area contributed by atoms with Gasteiger partial charge in [0, 0.05) is 49.5 Å². The van der Waals surface area contributed by atoms with E-state index in [1.807, 2.05) is 6.92 Å². The molecule has 0 bridgehead atoms. The number of hydrogen-bond acceptors (Lipinski definition) is 3. The lowest BCUT2D eigenvalue weighted by Crippen LogP contribution is -2.42. The molecule has 0 saturated carbocycles. The highest BCUT2D eigenvalue weighted by Crippen LogP contribution is 2.32. The summed E-state index contributed by atoms with van der Waals surface area (Å²) in [5.74, 6) is -4.79. The van der Waals surface area contributed by atoms with Crippen molar-refractivity contribution in [3.8, 4) is 11.3 Å². The summed E-state index contributed by atoms with van der Waals surface area (Å²) >= 11 is 0. The maximum absolute atomic E-state index is 14.5. The van der Waals surface area contributed by atoms with Gasteiger partial charge in [-0.1, -0.05) is 6.92 Å². The second-order valence-corrected chi connectivity index (χ2v) is 7.12. The zero-order chi connectivity index (χ0) is 20.8. The van der Waals surface area contributed by atoms with Crippen LogP contribution in [-0.2, 0) is 6.42 Å². The molecule has 0 radical (unpaired) electrons. The summed E-state index contributed by atoms with van der Waals surface area (Å²) in [6.07, 6.45) is 1.04. The van der Waals surface area contributed by atoms with E-state index >= 15 is 0 Å². The third-order valence-corrected chi connectivity index (χ3v) is 5.16. The average molecular weight is 406 g/mol. The molecular weight excluding hydrogens is 388 g/mol. The van der Waals surface area contributed by atoms with Crippen LogP contribution >= 0.6 is 0 Å². The van der Waals surface area contributed by atoms with Crippen LogP contribution in [0.3, 0.4) is 0 Å². The lowest BCUT2D eigenvalue weighted by Gasteiger charge is -2.31. The first-order valence-corrected chi connectivity index (χ1v) is 9.33. The van der Waals surface area contributed by atoms with Crippen molar-refractivity contribution in [1.29, 1.82) is 0 Å². The van der Waals surface area contributed by atoms with Crippen LogP contribution in [0.1, 0.15) is 35.9 Å². The molecule has 0 atom stereocenters. The van der Waals surface area contributed by atoms with Gasteiger partial charge in [-0.3, -0.25) is 9.78 Å². The molecule has 1 aromatic carbocycles. The molecular formula is C21H18F4N2O2. The number of fused-ring (bicyclic) bond motifs is 1. The van der Waals surface area contributed by atoms with Crippen LogP contribution in [0.25, 0.3) is 22.2 Å². The number of carbonyl (C=O) groups excluding carboxylic acids is 1. The number of pyridine rings is 1. The van der Waals surface area contributed by atoms with Crippen LogP contribution in [0.4, 0.5) is 17.6 Å². The Kier molecular flexibility index (Phi) is 4.80. The van der Waals surface area contributed by atoms with Crippen molar-refractivity contribution < 1.29 is 26.8 Å². The van der Waals surface area contributed by atoms with E-state index in [9.17, 15) is 22.4 Å². The topological polar surface area (TPSA) is 46.3 Å². The number of alkyl halides is 2. The minimum absolute atomic E-state index is 0.0374. The summed E-state index contributed by atoms with van der Waals surface area (Å²) in [6, 6.07) is 5.94. The number of aryl methyl sites for hydroxylation is 1. The van der Waals surface area contributed by atoms with E-state index in [1.165, 1.54) is 29.3 Å². The van der Waals surface area contributed by atoms with E-state index in [1.54, 1.807) is 6.07 Å². The number of benzene rings is 1. The second kappa shape index (κ2) is 7.17. The molecule has 3 aromatic rings. The molecule has 152 valence electrons. The van der Waals surface area contributed by atoms with Gasteiger partial charge < -0.3 is 9.32 Å². The largest absolute Gasteiger partial charge is 0.458 e. The van der Waals surface area contributed by atoms with Crippen LogP contribution in [0.5, 0.6) is 0 Å². The first-order chi connectivity index (χ1) is 13.8. The van der Waals surface area contributed by atoms with Crippen LogP contribution in [0, 0.1) is 11.6 Å². The Morgan fingerprint density at radius 3 is 2.52 bits per heavy atom. The van der Waals surface area contributed by atoms with Crippen LogP contribution in [0.2, 0.25) is 0 Å². The van der Waals surface area contributed by atoms with E-state index in [-0.39, 0.29) is 48.3 Å². The minimum Gasteiger partial charge on any atom is -0.458 e. The van der Waals surface area contributed by atoms with Gasteiger partial charge in [-0.2, -0.15) is 4.39 Å². The summed E-state index contributed by atoms with van der Waals surface area (Å²) in [6.45, 7) is 1.77. The van der Waals surface area contributed by atoms with Gasteiger partial charge >= 0.3 is 0 Å². The lowest BCUT2D eigenvalue weighted by molar-refractivity contribution is -0.0494. The van der Waals surface area contributed by atoms with Crippen molar-refractivity contribution in [2.24, 2.45) is 0 Å². The monoisotopic (exact) mass is 406 g/mol. The van der Waals surface area contributed by atoms with E-state index in [4.69, 9.17) is 4.42 Å². The lowest BCUT2D eigenvalue weighted by atomic mass is 10.0. The zero-order valence-electron chi connectivity index (χ0n) is 15.6. The van der Waals surface area contributed by atoms with Gasteiger partial charge in [0.25, 0.3) is 11.8 Å². The summed E-state index contributed by atoms with van der Waals surface area (Å²) in [4.78, 5) is 17.9. The second-order valence-electron chi connectivity index (χ2n) is 7.12. The minimum atomic E-state index is -2.75. The van der Waals surface area contributed by atoms with E-state index in [0.29, 0.717) is 17.6 Å². The standard InChI is InChI=1S/C21H18F4N2O2/c1-2-14-9-13-10-15(17(22)18(23)19(13)29-14)16-4-3-12(11-26-16)20(28)27-7-5-21(24,25)6-8-27/h3-4,9-11H,2,5-8H2,1H3. The summed E-state index contributed by atoms with van der Waals surface area (Å²) < 4.78 is 60.8. The maximum Gasteiger partial charge on any atom is 0.255 e. The number of carbonyl (C=O) groups is 1. The van der Waals surface area contributed by atoms with E-state index in [0.717, 1.165) is 0 Å². The number of furan rings is 1. The van der Waals surface area contributed by atoms with Gasteiger partial charge in [0.1, 0.15) is 5.76 Å². The number of rotatable bonds is 3. The number of nitrogens with zero attached hydrogens (tertiary/aromatic N) is 2. The molecule has 1 fully saturated rings. The Bertz CT molecular complexity index is 1070. The van der Waals surface area contributed by atoms with Crippen molar-refractivity contribution in [3.63, 3.8) is 0 Å². The van der Waals surface area contributed by atoms with Crippen LogP contribution < -0.4 is 0 Å². The van der Waals surface area contributed by atoms with Gasteiger partial charge in [-0.05, 0) is 24.3 Å². The zero-order valence-corrected chi connectivity index (χ0v) is 15.6. The Morgan fingerprint density at radius 2 is 1.90 bits per heavy atom. The maximum atomic E-state index is 14.5. The highest BCUT2D eigenvalue weighted by atomic mass is 19.3. The summed E-state index contributed by atoms with van der Waals surface area (Å²) in [7, 11) is 0. The Labute approximate surface area is 164 Å². The summed E-state index contributed by atoms with van der Waals surface area (Å²) in [5.41, 5.74) is 0.175. The quantitative estimate of drug-likeness (QED) is 0.561. The Morgan fingerprint density at radius 1 is 1.17 bits per heavy atom. The number of halogens is 4. The molecule has 1 aliphatic rings. The number of piperidine rings is 1. The fourth-order valence-electron chi connectivity index (χ4n) is 3.43. The SMILES string of the molecule is CCc1cc2cc(-c3ccc(C(=O)N4CCC(F)(F)CC4)cn3)c(F)c(F)c2o1. The number of aromatic nitrogens is 1. The summed E-state index contributed by atoms with van der Waals surface area (Å²) in [5, 5.41) is 0.423. The molecule has 2 aromatic heterocycles. The first kappa shape index (κ1) is 19.4. The fraction of sp³-hybridized carbons (Fsp3) is 0.333. The molecule has 4 nitrogen and oxygen atoms in total. The number of hydrogen-bond donors (Lipinski definition) is 0. The van der Waals surface area contributed by atoms with Crippen molar-refractivity contribution >= 4 is 16.9 Å². The van der Waals surface area contributed by atoms with Gasteiger partial charge in [0.2, 0.25) is 5.82 Å². The highest BCUT2D eigenvalue weighted by Gasteiger charge is 2.35. The molecule has 1 saturated heterocycles. The molecule has 0 spiro atoms. The smallest absolute Gasteiger partial charge is 0.255 e. The predicted molar refractivity (Wildman–Crippen MR) is 98.8 cm³/mol. The fourth-order valence-corrected chi connectivity index (χ4v) is 3.43. The third-order valence-electron chi connectivity index (χ3n) is 5.16. The van der Waals surface area contributed by atoms with Crippen LogP contribution in [0.15, 0.2) is 34.9 Å². The molecule has 3 heterocycles. The van der Waals surface area contributed by atoms with Crippen molar-refractivity contribution in [2.75, 3.05) is 13.1 Å². The first-order valence-electron chi connectivity index (χ1n) is 9.33. The molecule has 4 rings (SSSR count). The molecule has 1 amide bonds. The van der Waals surface area contributed by atoms with Gasteiger partial charge in [-0.15, -0.1) is 0 Å². The molecule has 1 aliphatic heterocycles. The molecule has 0 unspecified atom stereocenters. The van der Waals surface area contributed by atoms with Crippen molar-refractivity contribution in [3.05, 3.63) is 53.4 Å². The Hall–Kier alpha value is -2.90. The normalized spacial score (nSPS) is 16.4. The number of amides is 1. The van der Waals surface area contributed by atoms with E-state index < -0.39 is 23.5 Å². The predicted octanol–water partition coefficient (Wildman–Crippen LogP) is 5.21. The van der Waals surface area contributed by atoms with Gasteiger partial charge in [0.15, 0.2) is 11.4 Å². The Balaban J connectivity index is 1.61. The molecule has 8 heteroatoms. The average Bonchev–Trinajstić information content (AvgIpc) is 3.14. The van der Waals surface area contributed by atoms with Crippen LogP contribution in [-0.4, -0.2) is 34.8 Å². The molecule has 0 aliphatic carbocycles. The van der Waals surface area contributed by atoms with Gasteiger partial charge in [0.05, 0.1) is 11.3 Å². The van der Waals surface area contributed by atoms with Crippen molar-refractivity contribution in [2.45, 2.75) is 32.1 Å². The highest BCUT2D eigenvalue weighted by molar-refractivity contribution is 5.94. The third kappa shape index (κ3) is 3.59. The van der Waals surface area contributed by atoms with Crippen molar-refractivity contribution in [1.82, 2.24) is 9.88 Å². The number of likely N-dealkylation sites (tertiary alicyclic amines) is 1. The molecule has 29 heavy (non-hydrogen) atoms. The van der Waals surface area contributed by atoms with Gasteiger partial charge in [-0.25, -0.2) is 13.2 Å². The molecule has 0 N–H and O–H groups in total.